The van der Waals surface area contributed by atoms with Gasteiger partial charge < -0.3 is 20.9 Å². The maximum absolute atomic E-state index is 13.2. The van der Waals surface area contributed by atoms with Crippen molar-refractivity contribution in [1.82, 2.24) is 0 Å². The lowest BCUT2D eigenvalue weighted by Gasteiger charge is -2.27. The standard InChI is InChI=1S/C15H13FN2O3/c16-10-3-1-8(5-11(10)17)14-7-20-13-6-9(15(18)19)2-4-12(13)21-14/h1-6,14H,7,17H2,(H2,18,19). The molecule has 0 aliphatic carbocycles. The van der Waals surface area contributed by atoms with Crippen molar-refractivity contribution < 1.29 is 18.7 Å². The summed E-state index contributed by atoms with van der Waals surface area (Å²) in [7, 11) is 0. The summed E-state index contributed by atoms with van der Waals surface area (Å²) in [6.45, 7) is 0.236. The molecule has 0 bridgehead atoms. The molecule has 2 aromatic carbocycles. The van der Waals surface area contributed by atoms with Gasteiger partial charge in [-0.05, 0) is 35.9 Å². The summed E-state index contributed by atoms with van der Waals surface area (Å²) >= 11 is 0. The van der Waals surface area contributed by atoms with Gasteiger partial charge in [-0.25, -0.2) is 4.39 Å². The molecule has 1 atom stereocenters. The number of benzene rings is 2. The van der Waals surface area contributed by atoms with Gasteiger partial charge in [0, 0.05) is 5.56 Å². The first-order chi connectivity index (χ1) is 10.0. The second-order valence-electron chi connectivity index (χ2n) is 4.72. The molecule has 1 heterocycles. The minimum atomic E-state index is -0.533. The molecular weight excluding hydrogens is 275 g/mol. The Labute approximate surface area is 120 Å². The predicted octanol–water partition coefficient (Wildman–Crippen LogP) is 2.02. The van der Waals surface area contributed by atoms with Crippen LogP contribution in [-0.2, 0) is 0 Å². The quantitative estimate of drug-likeness (QED) is 0.827. The summed E-state index contributed by atoms with van der Waals surface area (Å²) in [5.41, 5.74) is 11.9. The smallest absolute Gasteiger partial charge is 0.248 e. The Morgan fingerprint density at radius 2 is 2.00 bits per heavy atom. The first kappa shape index (κ1) is 13.2. The molecule has 21 heavy (non-hydrogen) atoms. The van der Waals surface area contributed by atoms with Gasteiger partial charge in [0.1, 0.15) is 12.4 Å². The van der Waals surface area contributed by atoms with Gasteiger partial charge in [-0.15, -0.1) is 0 Å². The fourth-order valence-corrected chi connectivity index (χ4v) is 2.15. The number of hydrogen-bond donors (Lipinski definition) is 2. The third-order valence-corrected chi connectivity index (χ3v) is 3.28. The van der Waals surface area contributed by atoms with E-state index in [1.165, 1.54) is 18.2 Å². The van der Waals surface area contributed by atoms with E-state index in [0.717, 1.165) is 5.56 Å². The van der Waals surface area contributed by atoms with E-state index in [9.17, 15) is 9.18 Å². The number of nitrogen functional groups attached to an aromatic ring is 1. The van der Waals surface area contributed by atoms with E-state index < -0.39 is 11.7 Å². The third kappa shape index (κ3) is 2.47. The van der Waals surface area contributed by atoms with Gasteiger partial charge in [0.2, 0.25) is 5.91 Å². The molecule has 1 unspecified atom stereocenters. The summed E-state index contributed by atoms with van der Waals surface area (Å²) in [5.74, 6) is -0.0476. The Morgan fingerprint density at radius 1 is 1.19 bits per heavy atom. The molecule has 4 N–H and O–H groups in total. The van der Waals surface area contributed by atoms with Crippen molar-refractivity contribution in [2.75, 3.05) is 12.3 Å². The molecule has 1 amide bonds. The molecule has 0 saturated heterocycles. The van der Waals surface area contributed by atoms with Gasteiger partial charge in [0.05, 0.1) is 5.69 Å². The number of fused-ring (bicyclic) bond motifs is 1. The molecule has 0 fully saturated rings. The maximum atomic E-state index is 13.2. The van der Waals surface area contributed by atoms with Crippen LogP contribution in [0, 0.1) is 5.82 Å². The summed E-state index contributed by atoms with van der Waals surface area (Å²) in [4.78, 5) is 11.1. The van der Waals surface area contributed by atoms with E-state index in [-0.39, 0.29) is 18.4 Å². The van der Waals surface area contributed by atoms with Crippen molar-refractivity contribution in [3.63, 3.8) is 0 Å². The normalized spacial score (nSPS) is 16.5. The van der Waals surface area contributed by atoms with Gasteiger partial charge in [-0.2, -0.15) is 0 Å². The molecule has 1 aliphatic rings. The number of carbonyl (C=O) groups is 1. The third-order valence-electron chi connectivity index (χ3n) is 3.28. The lowest BCUT2D eigenvalue weighted by atomic mass is 10.1. The lowest BCUT2D eigenvalue weighted by molar-refractivity contribution is 0.0905. The molecule has 6 heteroatoms. The minimum Gasteiger partial charge on any atom is -0.485 e. The van der Waals surface area contributed by atoms with Crippen molar-refractivity contribution in [2.24, 2.45) is 5.73 Å². The second-order valence-corrected chi connectivity index (χ2v) is 4.72. The zero-order chi connectivity index (χ0) is 15.0. The van der Waals surface area contributed by atoms with E-state index in [2.05, 4.69) is 0 Å². The number of anilines is 1. The van der Waals surface area contributed by atoms with E-state index >= 15 is 0 Å². The fourth-order valence-electron chi connectivity index (χ4n) is 2.15. The van der Waals surface area contributed by atoms with Crippen LogP contribution in [0.2, 0.25) is 0 Å². The largest absolute Gasteiger partial charge is 0.485 e. The number of ether oxygens (including phenoxy) is 2. The van der Waals surface area contributed by atoms with E-state index in [1.807, 2.05) is 0 Å². The van der Waals surface area contributed by atoms with Crippen molar-refractivity contribution in [3.05, 3.63) is 53.3 Å². The SMILES string of the molecule is NC(=O)c1ccc2c(c1)OCC(c1ccc(F)c(N)c1)O2. The first-order valence-corrected chi connectivity index (χ1v) is 6.33. The highest BCUT2D eigenvalue weighted by Crippen LogP contribution is 2.37. The van der Waals surface area contributed by atoms with Gasteiger partial charge in [-0.3, -0.25) is 4.79 Å². The van der Waals surface area contributed by atoms with Crippen LogP contribution in [0.5, 0.6) is 11.5 Å². The summed E-state index contributed by atoms with van der Waals surface area (Å²) < 4.78 is 24.6. The van der Waals surface area contributed by atoms with Crippen LogP contribution in [0.15, 0.2) is 36.4 Å². The number of carbonyl (C=O) groups excluding carboxylic acids is 1. The van der Waals surface area contributed by atoms with Crippen LogP contribution in [0.4, 0.5) is 10.1 Å². The Hall–Kier alpha value is -2.76. The number of primary amides is 1. The highest BCUT2D eigenvalue weighted by atomic mass is 19.1. The molecule has 108 valence electrons. The van der Waals surface area contributed by atoms with Crippen LogP contribution in [0.25, 0.3) is 0 Å². The molecule has 0 aromatic heterocycles. The van der Waals surface area contributed by atoms with Crippen molar-refractivity contribution in [2.45, 2.75) is 6.10 Å². The van der Waals surface area contributed by atoms with Crippen molar-refractivity contribution in [3.8, 4) is 11.5 Å². The molecular formula is C15H13FN2O3. The summed E-state index contributed by atoms with van der Waals surface area (Å²) in [6, 6.07) is 9.13. The van der Waals surface area contributed by atoms with Crippen LogP contribution >= 0.6 is 0 Å². The molecule has 2 aromatic rings. The van der Waals surface area contributed by atoms with E-state index in [1.54, 1.807) is 18.2 Å². The molecule has 1 aliphatic heterocycles. The van der Waals surface area contributed by atoms with Crippen LogP contribution in [-0.4, -0.2) is 12.5 Å². The molecule has 0 spiro atoms. The van der Waals surface area contributed by atoms with Gasteiger partial charge in [0.25, 0.3) is 0 Å². The fraction of sp³-hybridized carbons (Fsp3) is 0.133. The highest BCUT2D eigenvalue weighted by molar-refractivity contribution is 5.93. The minimum absolute atomic E-state index is 0.0611. The van der Waals surface area contributed by atoms with Gasteiger partial charge >= 0.3 is 0 Å². The average molecular weight is 288 g/mol. The zero-order valence-electron chi connectivity index (χ0n) is 11.0. The molecule has 5 nitrogen and oxygen atoms in total. The topological polar surface area (TPSA) is 87.6 Å². The number of hydrogen-bond acceptors (Lipinski definition) is 4. The number of nitrogens with two attached hydrogens (primary N) is 2. The maximum Gasteiger partial charge on any atom is 0.248 e. The molecule has 0 radical (unpaired) electrons. The summed E-state index contributed by atoms with van der Waals surface area (Å²) in [5, 5.41) is 0. The Balaban J connectivity index is 1.87. The monoisotopic (exact) mass is 288 g/mol. The van der Waals surface area contributed by atoms with Crippen molar-refractivity contribution in [1.29, 1.82) is 0 Å². The van der Waals surface area contributed by atoms with E-state index in [4.69, 9.17) is 20.9 Å². The summed E-state index contributed by atoms with van der Waals surface area (Å²) in [6.07, 6.45) is -0.389. The number of amides is 1. The van der Waals surface area contributed by atoms with Gasteiger partial charge in [0.15, 0.2) is 17.6 Å². The number of halogens is 1. The Morgan fingerprint density at radius 3 is 2.71 bits per heavy atom. The Kier molecular flexibility index (Phi) is 3.13. The second kappa shape index (κ2) is 4.97. The van der Waals surface area contributed by atoms with Crippen molar-refractivity contribution >= 4 is 11.6 Å². The van der Waals surface area contributed by atoms with Gasteiger partial charge in [-0.1, -0.05) is 6.07 Å². The highest BCUT2D eigenvalue weighted by Gasteiger charge is 2.24. The van der Waals surface area contributed by atoms with Crippen LogP contribution < -0.4 is 20.9 Å². The van der Waals surface area contributed by atoms with Crippen LogP contribution in [0.3, 0.4) is 0 Å². The zero-order valence-corrected chi connectivity index (χ0v) is 11.0. The molecule has 3 rings (SSSR count). The van der Waals surface area contributed by atoms with E-state index in [0.29, 0.717) is 17.1 Å². The first-order valence-electron chi connectivity index (χ1n) is 6.33. The number of rotatable bonds is 2. The van der Waals surface area contributed by atoms with Crippen LogP contribution in [0.1, 0.15) is 22.0 Å². The Bertz CT molecular complexity index is 718. The molecule has 0 saturated carbocycles. The average Bonchev–Trinajstić information content (AvgIpc) is 2.49. The lowest BCUT2D eigenvalue weighted by Crippen LogP contribution is -2.22. The predicted molar refractivity (Wildman–Crippen MR) is 74.6 cm³/mol.